The first-order valence-electron chi connectivity index (χ1n) is 11.5. The van der Waals surface area contributed by atoms with Crippen LogP contribution in [0, 0.1) is 17.8 Å². The second kappa shape index (κ2) is 9.06. The van der Waals surface area contributed by atoms with Crippen molar-refractivity contribution in [2.45, 2.75) is 32.2 Å². The van der Waals surface area contributed by atoms with Crippen LogP contribution >= 0.6 is 0 Å². The van der Waals surface area contributed by atoms with E-state index < -0.39 is 5.91 Å². The monoisotopic (exact) mass is 454 g/mol. The number of amides is 2. The lowest BCUT2D eigenvalue weighted by atomic mass is 9.80. The lowest BCUT2D eigenvalue weighted by molar-refractivity contribution is -0.131. The van der Waals surface area contributed by atoms with E-state index in [4.69, 9.17) is 15.5 Å². The summed E-state index contributed by atoms with van der Waals surface area (Å²) in [4.78, 5) is 31.2. The van der Waals surface area contributed by atoms with Gasteiger partial charge in [0.05, 0.1) is 0 Å². The van der Waals surface area contributed by atoms with Crippen molar-refractivity contribution in [1.82, 2.24) is 14.5 Å². The Kier molecular flexibility index (Phi) is 5.81. The van der Waals surface area contributed by atoms with Crippen LogP contribution in [0.3, 0.4) is 0 Å². The molecule has 1 saturated heterocycles. The van der Waals surface area contributed by atoms with E-state index in [1.165, 1.54) is 0 Å². The predicted octanol–water partition coefficient (Wildman–Crippen LogP) is 3.80. The molecule has 2 aliphatic heterocycles. The third-order valence-corrected chi connectivity index (χ3v) is 6.56. The molecule has 2 aliphatic rings. The van der Waals surface area contributed by atoms with Gasteiger partial charge >= 0.3 is 0 Å². The first kappa shape index (κ1) is 21.8. The normalized spacial score (nSPS) is 17.2. The lowest BCUT2D eigenvalue weighted by Crippen LogP contribution is -2.52. The molecule has 5 rings (SSSR count). The molecule has 2 aromatic carbocycles. The van der Waals surface area contributed by atoms with Crippen molar-refractivity contribution in [2.75, 3.05) is 13.1 Å². The number of primary amides is 1. The molecule has 0 spiro atoms. The molecule has 1 atom stereocenters. The minimum atomic E-state index is -0.484. The standard InChI is InChI=1S/C27H26N4O3/c1-2-7-23(32)30-16-19(17-30)22-10-6-15-31-25(26(28)33)24(29-27(22)31)18-11-13-21(14-12-18)34-20-8-4-3-5-9-20/h3-5,8-9,11-14,19,22H,6,10,15-17H2,1H3,(H2,28,33). The highest BCUT2D eigenvalue weighted by Gasteiger charge is 2.41. The van der Waals surface area contributed by atoms with Crippen molar-refractivity contribution >= 4 is 11.8 Å². The molecule has 172 valence electrons. The lowest BCUT2D eigenvalue weighted by Gasteiger charge is -2.43. The van der Waals surface area contributed by atoms with Gasteiger partial charge in [-0.15, -0.1) is 0 Å². The van der Waals surface area contributed by atoms with Crippen LogP contribution in [-0.2, 0) is 11.3 Å². The van der Waals surface area contributed by atoms with Gasteiger partial charge in [-0.25, -0.2) is 4.98 Å². The van der Waals surface area contributed by atoms with E-state index in [2.05, 4.69) is 11.8 Å². The van der Waals surface area contributed by atoms with Crippen LogP contribution in [0.2, 0.25) is 0 Å². The van der Waals surface area contributed by atoms with Gasteiger partial charge in [-0.2, -0.15) is 0 Å². The van der Waals surface area contributed by atoms with E-state index in [1.54, 1.807) is 11.8 Å². The van der Waals surface area contributed by atoms with Crippen molar-refractivity contribution in [3.8, 4) is 34.6 Å². The van der Waals surface area contributed by atoms with Gasteiger partial charge in [0.15, 0.2) is 0 Å². The Labute approximate surface area is 198 Å². The molecule has 1 unspecified atom stereocenters. The molecule has 3 aromatic rings. The molecule has 34 heavy (non-hydrogen) atoms. The van der Waals surface area contributed by atoms with E-state index in [-0.39, 0.29) is 11.8 Å². The fraction of sp³-hybridized carbons (Fsp3) is 0.296. The number of rotatable bonds is 5. The largest absolute Gasteiger partial charge is 0.457 e. The maximum Gasteiger partial charge on any atom is 0.298 e. The highest BCUT2D eigenvalue weighted by atomic mass is 16.5. The van der Waals surface area contributed by atoms with E-state index in [1.807, 2.05) is 59.2 Å². The Morgan fingerprint density at radius 1 is 1.06 bits per heavy atom. The molecule has 2 N–H and O–H groups in total. The van der Waals surface area contributed by atoms with Crippen LogP contribution < -0.4 is 10.5 Å². The number of hydrogen-bond donors (Lipinski definition) is 1. The first-order chi connectivity index (χ1) is 16.5. The van der Waals surface area contributed by atoms with Gasteiger partial charge in [0.25, 0.3) is 11.8 Å². The summed E-state index contributed by atoms with van der Waals surface area (Å²) in [5.74, 6) is 7.49. The van der Waals surface area contributed by atoms with E-state index in [0.717, 1.165) is 30.0 Å². The molecule has 0 bridgehead atoms. The van der Waals surface area contributed by atoms with Crippen molar-refractivity contribution in [2.24, 2.45) is 11.7 Å². The second-order valence-corrected chi connectivity index (χ2v) is 8.72. The van der Waals surface area contributed by atoms with Gasteiger partial charge in [-0.1, -0.05) is 24.1 Å². The average Bonchev–Trinajstić information content (AvgIpc) is 3.20. The van der Waals surface area contributed by atoms with Crippen molar-refractivity contribution in [3.63, 3.8) is 0 Å². The molecule has 2 amide bonds. The summed E-state index contributed by atoms with van der Waals surface area (Å²) in [6.07, 6.45) is 1.92. The fourth-order valence-corrected chi connectivity index (χ4v) is 4.90. The molecule has 0 radical (unpaired) electrons. The van der Waals surface area contributed by atoms with Crippen LogP contribution in [0.1, 0.15) is 42.0 Å². The number of benzene rings is 2. The van der Waals surface area contributed by atoms with E-state index in [9.17, 15) is 9.59 Å². The molecule has 7 nitrogen and oxygen atoms in total. The highest BCUT2D eigenvalue weighted by Crippen LogP contribution is 2.40. The zero-order valence-electron chi connectivity index (χ0n) is 19.0. The summed E-state index contributed by atoms with van der Waals surface area (Å²) in [7, 11) is 0. The smallest absolute Gasteiger partial charge is 0.298 e. The third kappa shape index (κ3) is 4.03. The van der Waals surface area contributed by atoms with E-state index in [0.29, 0.717) is 42.7 Å². The average molecular weight is 455 g/mol. The van der Waals surface area contributed by atoms with Gasteiger partial charge in [0, 0.05) is 37.0 Å². The Bertz CT molecular complexity index is 1280. The Morgan fingerprint density at radius 2 is 1.76 bits per heavy atom. The van der Waals surface area contributed by atoms with Gasteiger partial charge < -0.3 is 19.9 Å². The number of hydrogen-bond acceptors (Lipinski definition) is 4. The summed E-state index contributed by atoms with van der Waals surface area (Å²) >= 11 is 0. The summed E-state index contributed by atoms with van der Waals surface area (Å²) in [6, 6.07) is 17.1. The summed E-state index contributed by atoms with van der Waals surface area (Å²) in [6.45, 7) is 3.71. The first-order valence-corrected chi connectivity index (χ1v) is 11.5. The summed E-state index contributed by atoms with van der Waals surface area (Å²) < 4.78 is 7.87. The number of aromatic nitrogens is 2. The third-order valence-electron chi connectivity index (χ3n) is 6.56. The Hall–Kier alpha value is -4.05. The molecule has 3 heterocycles. The molecule has 1 aromatic heterocycles. The van der Waals surface area contributed by atoms with Gasteiger partial charge in [0.1, 0.15) is 28.7 Å². The maximum absolute atomic E-state index is 12.5. The fourth-order valence-electron chi connectivity index (χ4n) is 4.90. The molecule has 7 heteroatoms. The SMILES string of the molecule is CC#CC(=O)N1CC(C2CCCn3c2nc(-c2ccc(Oc4ccccc4)cc2)c3C(N)=O)C1. The van der Waals surface area contributed by atoms with Gasteiger partial charge in [0.2, 0.25) is 0 Å². The number of para-hydroxylation sites is 1. The highest BCUT2D eigenvalue weighted by molar-refractivity contribution is 5.97. The summed E-state index contributed by atoms with van der Waals surface area (Å²) in [5, 5.41) is 0. The molecular weight excluding hydrogens is 428 g/mol. The number of nitrogens with two attached hydrogens (primary N) is 1. The molecule has 0 aliphatic carbocycles. The number of likely N-dealkylation sites (tertiary alicyclic amines) is 1. The molecule has 0 saturated carbocycles. The predicted molar refractivity (Wildman–Crippen MR) is 128 cm³/mol. The van der Waals surface area contributed by atoms with Crippen LogP contribution in [0.4, 0.5) is 0 Å². The number of carbonyl (C=O) groups excluding carboxylic acids is 2. The Morgan fingerprint density at radius 3 is 2.44 bits per heavy atom. The topological polar surface area (TPSA) is 90.4 Å². The van der Waals surface area contributed by atoms with Crippen molar-refractivity contribution < 1.29 is 14.3 Å². The zero-order chi connectivity index (χ0) is 23.7. The number of ether oxygens (including phenoxy) is 1. The Balaban J connectivity index is 1.41. The van der Waals surface area contributed by atoms with E-state index >= 15 is 0 Å². The van der Waals surface area contributed by atoms with Gasteiger partial charge in [-0.05, 0) is 62.1 Å². The minimum absolute atomic E-state index is 0.130. The second-order valence-electron chi connectivity index (χ2n) is 8.72. The van der Waals surface area contributed by atoms with Crippen LogP contribution in [0.25, 0.3) is 11.3 Å². The van der Waals surface area contributed by atoms with Crippen LogP contribution in [0.15, 0.2) is 54.6 Å². The number of fused-ring (bicyclic) bond motifs is 1. The van der Waals surface area contributed by atoms with Gasteiger partial charge in [-0.3, -0.25) is 9.59 Å². The van der Waals surface area contributed by atoms with Crippen molar-refractivity contribution in [3.05, 3.63) is 66.1 Å². The maximum atomic E-state index is 12.5. The quantitative estimate of drug-likeness (QED) is 0.594. The summed E-state index contributed by atoms with van der Waals surface area (Å²) in [5.41, 5.74) is 7.69. The zero-order valence-corrected chi connectivity index (χ0v) is 19.0. The minimum Gasteiger partial charge on any atom is -0.457 e. The molecular formula is C27H26N4O3. The number of imidazole rings is 1. The number of nitrogens with zero attached hydrogens (tertiary/aromatic N) is 3. The van der Waals surface area contributed by atoms with Crippen molar-refractivity contribution in [1.29, 1.82) is 0 Å². The van der Waals surface area contributed by atoms with Crippen LogP contribution in [0.5, 0.6) is 11.5 Å². The van der Waals surface area contributed by atoms with Crippen LogP contribution in [-0.4, -0.2) is 39.4 Å². The molecule has 1 fully saturated rings. The number of carbonyl (C=O) groups is 2.